The monoisotopic (exact) mass is 217 g/mol. The van der Waals surface area contributed by atoms with Gasteiger partial charge in [-0.25, -0.2) is 4.79 Å². The molecule has 1 amide bonds. The number of aliphatic hydroxyl groups is 1. The molecule has 0 saturated carbocycles. The van der Waals surface area contributed by atoms with Crippen molar-refractivity contribution in [2.45, 2.75) is 31.4 Å². The van der Waals surface area contributed by atoms with E-state index in [2.05, 4.69) is 5.32 Å². The first-order valence-corrected chi connectivity index (χ1v) is 4.90. The van der Waals surface area contributed by atoms with Crippen molar-refractivity contribution in [3.8, 4) is 0 Å². The molecule has 1 saturated heterocycles. The van der Waals surface area contributed by atoms with Gasteiger partial charge in [-0.3, -0.25) is 4.79 Å². The second-order valence-electron chi connectivity index (χ2n) is 3.41. The molecule has 0 unspecified atom stereocenters. The highest BCUT2D eigenvalue weighted by atomic mass is 16.5. The maximum Gasteiger partial charge on any atom is 0.326 e. The molecule has 1 heterocycles. The average molecular weight is 217 g/mol. The predicted octanol–water partition coefficient (Wildman–Crippen LogP) is -0.883. The Hall–Kier alpha value is -1.14. The second-order valence-corrected chi connectivity index (χ2v) is 3.41. The van der Waals surface area contributed by atoms with Gasteiger partial charge in [0.2, 0.25) is 5.91 Å². The zero-order valence-electron chi connectivity index (χ0n) is 8.31. The van der Waals surface area contributed by atoms with Crippen LogP contribution in [0.15, 0.2) is 0 Å². The first-order valence-electron chi connectivity index (χ1n) is 4.90. The summed E-state index contributed by atoms with van der Waals surface area (Å²) in [6, 6.07) is -1.04. The van der Waals surface area contributed by atoms with E-state index < -0.39 is 24.0 Å². The first kappa shape index (κ1) is 11.9. The largest absolute Gasteiger partial charge is 0.480 e. The summed E-state index contributed by atoms with van der Waals surface area (Å²) in [6.45, 7) is 0.262. The van der Waals surface area contributed by atoms with Crippen LogP contribution in [0.1, 0.15) is 19.3 Å². The van der Waals surface area contributed by atoms with Crippen LogP contribution in [-0.4, -0.2) is 47.4 Å². The van der Waals surface area contributed by atoms with Gasteiger partial charge < -0.3 is 20.3 Å². The topological polar surface area (TPSA) is 95.9 Å². The quantitative estimate of drug-likeness (QED) is 0.555. The van der Waals surface area contributed by atoms with Crippen LogP contribution in [0.5, 0.6) is 0 Å². The summed E-state index contributed by atoms with van der Waals surface area (Å²) in [7, 11) is 0. The van der Waals surface area contributed by atoms with Crippen LogP contribution in [0.4, 0.5) is 0 Å². The van der Waals surface area contributed by atoms with Crippen LogP contribution in [0, 0.1) is 0 Å². The summed E-state index contributed by atoms with van der Waals surface area (Å²) in [5, 5.41) is 19.7. The lowest BCUT2D eigenvalue weighted by Gasteiger charge is -2.15. The smallest absolute Gasteiger partial charge is 0.326 e. The van der Waals surface area contributed by atoms with Gasteiger partial charge >= 0.3 is 5.97 Å². The molecule has 15 heavy (non-hydrogen) atoms. The van der Waals surface area contributed by atoms with E-state index in [4.69, 9.17) is 14.9 Å². The van der Waals surface area contributed by atoms with Crippen LogP contribution in [0.2, 0.25) is 0 Å². The Morgan fingerprint density at radius 1 is 1.53 bits per heavy atom. The molecule has 0 spiro atoms. The van der Waals surface area contributed by atoms with Crippen molar-refractivity contribution in [2.75, 3.05) is 13.2 Å². The summed E-state index contributed by atoms with van der Waals surface area (Å²) in [6.07, 6.45) is 0.909. The predicted molar refractivity (Wildman–Crippen MR) is 50.2 cm³/mol. The Balaban J connectivity index is 2.42. The van der Waals surface area contributed by atoms with E-state index in [1.165, 1.54) is 0 Å². The van der Waals surface area contributed by atoms with E-state index in [9.17, 15) is 9.59 Å². The maximum atomic E-state index is 11.5. The van der Waals surface area contributed by atoms with Crippen LogP contribution in [0.3, 0.4) is 0 Å². The molecule has 6 nitrogen and oxygen atoms in total. The van der Waals surface area contributed by atoms with Crippen LogP contribution in [0.25, 0.3) is 0 Å². The van der Waals surface area contributed by atoms with Gasteiger partial charge in [-0.1, -0.05) is 0 Å². The van der Waals surface area contributed by atoms with Gasteiger partial charge in [0.05, 0.1) is 0 Å². The Kier molecular flexibility index (Phi) is 4.51. The van der Waals surface area contributed by atoms with E-state index in [0.29, 0.717) is 13.0 Å². The minimum atomic E-state index is -1.14. The number of carbonyl (C=O) groups is 2. The Bertz CT molecular complexity index is 237. The van der Waals surface area contributed by atoms with Gasteiger partial charge in [-0.05, 0) is 12.8 Å². The minimum absolute atomic E-state index is 0.00773. The standard InChI is InChI=1S/C9H15NO5/c11-4-3-6(9(13)14)10-8(12)7-2-1-5-15-7/h6-7,11H,1-5H2,(H,10,12)(H,13,14)/t6-,7-/m0/s1. The molecule has 0 radical (unpaired) electrons. The third-order valence-electron chi connectivity index (χ3n) is 2.25. The van der Waals surface area contributed by atoms with Gasteiger partial charge in [0.1, 0.15) is 12.1 Å². The Morgan fingerprint density at radius 3 is 2.73 bits per heavy atom. The molecule has 86 valence electrons. The van der Waals surface area contributed by atoms with Gasteiger partial charge in [-0.2, -0.15) is 0 Å². The number of aliphatic carboxylic acids is 1. The average Bonchev–Trinajstić information content (AvgIpc) is 2.69. The van der Waals surface area contributed by atoms with Crippen molar-refractivity contribution in [1.82, 2.24) is 5.32 Å². The molecular formula is C9H15NO5. The van der Waals surface area contributed by atoms with Gasteiger partial charge in [0, 0.05) is 19.6 Å². The summed E-state index contributed by atoms with van der Waals surface area (Å²) < 4.78 is 5.11. The fraction of sp³-hybridized carbons (Fsp3) is 0.778. The van der Waals surface area contributed by atoms with Crippen molar-refractivity contribution in [1.29, 1.82) is 0 Å². The highest BCUT2D eigenvalue weighted by molar-refractivity contribution is 5.86. The molecule has 0 aromatic carbocycles. The number of nitrogens with one attached hydrogen (secondary N) is 1. The van der Waals surface area contributed by atoms with Crippen LogP contribution >= 0.6 is 0 Å². The van der Waals surface area contributed by atoms with Crippen molar-refractivity contribution < 1.29 is 24.5 Å². The SMILES string of the molecule is O=C(O)[C@H](CCO)NC(=O)[C@@H]1CCCO1. The Labute approximate surface area is 87.2 Å². The highest BCUT2D eigenvalue weighted by Crippen LogP contribution is 2.12. The highest BCUT2D eigenvalue weighted by Gasteiger charge is 2.27. The maximum absolute atomic E-state index is 11.5. The summed E-state index contributed by atoms with van der Waals surface area (Å²) >= 11 is 0. The van der Waals surface area contributed by atoms with Crippen molar-refractivity contribution in [3.05, 3.63) is 0 Å². The van der Waals surface area contributed by atoms with Gasteiger partial charge in [0.15, 0.2) is 0 Å². The number of ether oxygens (including phenoxy) is 1. The van der Waals surface area contributed by atoms with E-state index in [1.807, 2.05) is 0 Å². The minimum Gasteiger partial charge on any atom is -0.480 e. The van der Waals surface area contributed by atoms with Crippen LogP contribution in [-0.2, 0) is 14.3 Å². The lowest BCUT2D eigenvalue weighted by molar-refractivity contribution is -0.144. The number of aliphatic hydroxyl groups excluding tert-OH is 1. The normalized spacial score (nSPS) is 22.3. The molecule has 0 aliphatic carbocycles. The lowest BCUT2D eigenvalue weighted by Crippen LogP contribution is -2.45. The molecule has 0 aromatic rings. The van der Waals surface area contributed by atoms with Crippen LogP contribution < -0.4 is 5.32 Å². The zero-order chi connectivity index (χ0) is 11.3. The number of hydrogen-bond acceptors (Lipinski definition) is 4. The number of rotatable bonds is 5. The molecule has 0 bridgehead atoms. The molecule has 1 aliphatic rings. The number of carboxylic acids is 1. The molecule has 1 aliphatic heterocycles. The third-order valence-corrected chi connectivity index (χ3v) is 2.25. The number of carboxylic acid groups (broad SMARTS) is 1. The van der Waals surface area contributed by atoms with E-state index in [0.717, 1.165) is 6.42 Å². The molecule has 2 atom stereocenters. The molecular weight excluding hydrogens is 202 g/mol. The summed E-state index contributed by atoms with van der Waals surface area (Å²) in [4.78, 5) is 22.1. The lowest BCUT2D eigenvalue weighted by atomic mass is 10.2. The number of hydrogen-bond donors (Lipinski definition) is 3. The fourth-order valence-electron chi connectivity index (χ4n) is 1.44. The van der Waals surface area contributed by atoms with Crippen molar-refractivity contribution in [2.24, 2.45) is 0 Å². The van der Waals surface area contributed by atoms with Crippen molar-refractivity contribution in [3.63, 3.8) is 0 Å². The summed E-state index contributed by atoms with van der Waals surface area (Å²) in [5.41, 5.74) is 0. The first-order chi connectivity index (χ1) is 7.15. The third kappa shape index (κ3) is 3.49. The fourth-order valence-corrected chi connectivity index (χ4v) is 1.44. The molecule has 6 heteroatoms. The molecule has 3 N–H and O–H groups in total. The van der Waals surface area contributed by atoms with E-state index in [-0.39, 0.29) is 13.0 Å². The number of amides is 1. The van der Waals surface area contributed by atoms with Gasteiger partial charge in [-0.15, -0.1) is 0 Å². The molecule has 1 rings (SSSR count). The second kappa shape index (κ2) is 5.67. The summed E-state index contributed by atoms with van der Waals surface area (Å²) in [5.74, 6) is -1.55. The van der Waals surface area contributed by atoms with Gasteiger partial charge in [0.25, 0.3) is 0 Å². The Morgan fingerprint density at radius 2 is 2.27 bits per heavy atom. The van der Waals surface area contributed by atoms with E-state index >= 15 is 0 Å². The zero-order valence-corrected chi connectivity index (χ0v) is 8.31. The van der Waals surface area contributed by atoms with Crippen molar-refractivity contribution >= 4 is 11.9 Å². The molecule has 0 aromatic heterocycles. The number of carbonyl (C=O) groups excluding carboxylic acids is 1. The van der Waals surface area contributed by atoms with E-state index in [1.54, 1.807) is 0 Å². The molecule has 1 fully saturated rings.